The van der Waals surface area contributed by atoms with Crippen molar-refractivity contribution < 1.29 is 14.7 Å². The molecule has 0 aromatic heterocycles. The second-order valence-corrected chi connectivity index (χ2v) is 3.59. The van der Waals surface area contributed by atoms with Crippen LogP contribution in [0.3, 0.4) is 0 Å². The van der Waals surface area contributed by atoms with Crippen molar-refractivity contribution >= 4 is 11.9 Å². The van der Waals surface area contributed by atoms with Crippen LogP contribution in [0.15, 0.2) is 0 Å². The summed E-state index contributed by atoms with van der Waals surface area (Å²) in [6.07, 6.45) is 2.26. The zero-order valence-electron chi connectivity index (χ0n) is 7.96. The molecular formula is C9H15NO3. The molecule has 1 rings (SSSR count). The van der Waals surface area contributed by atoms with Crippen LogP contribution in [0.1, 0.15) is 33.1 Å². The maximum absolute atomic E-state index is 11.1. The van der Waals surface area contributed by atoms with E-state index in [1.54, 1.807) is 6.92 Å². The van der Waals surface area contributed by atoms with Crippen LogP contribution in [-0.4, -0.2) is 22.5 Å². The quantitative estimate of drug-likeness (QED) is 0.679. The van der Waals surface area contributed by atoms with E-state index in [9.17, 15) is 9.59 Å². The topological polar surface area (TPSA) is 66.4 Å². The molecule has 0 heterocycles. The third-order valence-electron chi connectivity index (χ3n) is 2.61. The van der Waals surface area contributed by atoms with E-state index in [4.69, 9.17) is 5.11 Å². The first-order valence-corrected chi connectivity index (χ1v) is 4.55. The van der Waals surface area contributed by atoms with Crippen LogP contribution in [0, 0.1) is 5.92 Å². The lowest BCUT2D eigenvalue weighted by Crippen LogP contribution is -2.55. The van der Waals surface area contributed by atoms with Gasteiger partial charge in [-0.25, -0.2) is 4.79 Å². The monoisotopic (exact) mass is 185 g/mol. The van der Waals surface area contributed by atoms with Gasteiger partial charge in [0.15, 0.2) is 0 Å². The highest BCUT2D eigenvalue weighted by Crippen LogP contribution is 2.41. The number of hydrogen-bond donors (Lipinski definition) is 2. The van der Waals surface area contributed by atoms with Crippen LogP contribution < -0.4 is 5.32 Å². The third-order valence-corrected chi connectivity index (χ3v) is 2.61. The molecule has 1 fully saturated rings. The molecule has 2 N–H and O–H groups in total. The van der Waals surface area contributed by atoms with E-state index < -0.39 is 11.5 Å². The lowest BCUT2D eigenvalue weighted by molar-refractivity contribution is -0.148. The zero-order valence-corrected chi connectivity index (χ0v) is 7.96. The van der Waals surface area contributed by atoms with Crippen molar-refractivity contribution in [1.29, 1.82) is 0 Å². The van der Waals surface area contributed by atoms with Crippen molar-refractivity contribution in [3.63, 3.8) is 0 Å². The summed E-state index contributed by atoms with van der Waals surface area (Å²) >= 11 is 0. The normalized spacial score (nSPS) is 20.5. The second kappa shape index (κ2) is 3.36. The fourth-order valence-electron chi connectivity index (χ4n) is 1.75. The molecule has 0 spiro atoms. The van der Waals surface area contributed by atoms with Crippen LogP contribution in [-0.2, 0) is 9.59 Å². The molecule has 1 unspecified atom stereocenters. The Morgan fingerprint density at radius 3 is 2.31 bits per heavy atom. The van der Waals surface area contributed by atoms with Gasteiger partial charge in [0.05, 0.1) is 0 Å². The Bertz CT molecular complexity index is 235. The molecule has 1 atom stereocenters. The predicted molar refractivity (Wildman–Crippen MR) is 47.2 cm³/mol. The maximum atomic E-state index is 11.1. The summed E-state index contributed by atoms with van der Waals surface area (Å²) in [5, 5.41) is 11.6. The Labute approximate surface area is 77.3 Å². The van der Waals surface area contributed by atoms with Gasteiger partial charge in [-0.05, 0) is 25.2 Å². The minimum absolute atomic E-state index is 0.124. The van der Waals surface area contributed by atoms with Gasteiger partial charge in [-0.2, -0.15) is 0 Å². The van der Waals surface area contributed by atoms with Crippen molar-refractivity contribution in [2.24, 2.45) is 5.92 Å². The lowest BCUT2D eigenvalue weighted by Gasteiger charge is -2.28. The Balaban J connectivity index is 2.81. The van der Waals surface area contributed by atoms with Crippen LogP contribution in [0.4, 0.5) is 0 Å². The van der Waals surface area contributed by atoms with E-state index in [-0.39, 0.29) is 11.8 Å². The molecule has 4 nitrogen and oxygen atoms in total. The van der Waals surface area contributed by atoms with Crippen LogP contribution in [0.2, 0.25) is 0 Å². The first-order chi connectivity index (χ1) is 6.03. The Morgan fingerprint density at radius 1 is 1.54 bits per heavy atom. The van der Waals surface area contributed by atoms with Crippen molar-refractivity contribution in [3.8, 4) is 0 Å². The summed E-state index contributed by atoms with van der Waals surface area (Å²) in [7, 11) is 0. The number of nitrogens with one attached hydrogen (secondary N) is 1. The fourth-order valence-corrected chi connectivity index (χ4v) is 1.75. The highest BCUT2D eigenvalue weighted by molar-refractivity contribution is 5.86. The molecule has 4 heteroatoms. The van der Waals surface area contributed by atoms with Gasteiger partial charge in [0.2, 0.25) is 5.91 Å². The Morgan fingerprint density at radius 2 is 2.08 bits per heavy atom. The van der Waals surface area contributed by atoms with Gasteiger partial charge >= 0.3 is 5.97 Å². The molecule has 1 aliphatic carbocycles. The zero-order chi connectivity index (χ0) is 10.1. The molecule has 0 bridgehead atoms. The highest BCUT2D eigenvalue weighted by atomic mass is 16.4. The Kier molecular flexibility index (Phi) is 2.59. The van der Waals surface area contributed by atoms with Gasteiger partial charge in [-0.3, -0.25) is 4.79 Å². The maximum Gasteiger partial charge on any atom is 0.329 e. The molecular weight excluding hydrogens is 170 g/mol. The Hall–Kier alpha value is -1.06. The molecule has 1 amide bonds. The number of aliphatic carboxylic acids is 1. The number of carbonyl (C=O) groups excluding carboxylic acids is 1. The molecule has 0 saturated heterocycles. The molecule has 74 valence electrons. The van der Waals surface area contributed by atoms with E-state index in [0.717, 1.165) is 12.8 Å². The van der Waals surface area contributed by atoms with Crippen LogP contribution in [0.5, 0.6) is 0 Å². The van der Waals surface area contributed by atoms with E-state index >= 15 is 0 Å². The second-order valence-electron chi connectivity index (χ2n) is 3.59. The molecule has 13 heavy (non-hydrogen) atoms. The van der Waals surface area contributed by atoms with E-state index in [1.165, 1.54) is 6.92 Å². The molecule has 0 aromatic carbocycles. The number of carboxylic acid groups (broad SMARTS) is 1. The summed E-state index contributed by atoms with van der Waals surface area (Å²) in [6.45, 7) is 3.15. The van der Waals surface area contributed by atoms with Crippen molar-refractivity contribution in [3.05, 3.63) is 0 Å². The SMILES string of the molecule is CCC(NC(C)=O)(C(=O)O)C1CC1. The van der Waals surface area contributed by atoms with Crippen molar-refractivity contribution in [2.45, 2.75) is 38.6 Å². The van der Waals surface area contributed by atoms with Crippen molar-refractivity contribution in [2.75, 3.05) is 0 Å². The standard InChI is InChI=1S/C9H15NO3/c1-3-9(8(12)13,7-4-5-7)10-6(2)11/h7H,3-5H2,1-2H3,(H,10,11)(H,12,13). The number of amides is 1. The lowest BCUT2D eigenvalue weighted by atomic mass is 9.90. The molecule has 1 saturated carbocycles. The molecule has 0 radical (unpaired) electrons. The first-order valence-electron chi connectivity index (χ1n) is 4.55. The number of rotatable bonds is 4. The summed E-state index contributed by atoms with van der Waals surface area (Å²) in [6, 6.07) is 0. The average Bonchev–Trinajstić information content (AvgIpc) is 2.81. The molecule has 0 aliphatic heterocycles. The van der Waals surface area contributed by atoms with Crippen molar-refractivity contribution in [1.82, 2.24) is 5.32 Å². The minimum atomic E-state index is -1.01. The largest absolute Gasteiger partial charge is 0.479 e. The summed E-state index contributed by atoms with van der Waals surface area (Å²) in [4.78, 5) is 21.9. The van der Waals surface area contributed by atoms with Gasteiger partial charge in [-0.1, -0.05) is 6.92 Å². The number of hydrogen-bond acceptors (Lipinski definition) is 2. The number of carboxylic acids is 1. The fraction of sp³-hybridized carbons (Fsp3) is 0.778. The van der Waals surface area contributed by atoms with E-state index in [2.05, 4.69) is 5.32 Å². The summed E-state index contributed by atoms with van der Waals surface area (Å²) in [5.41, 5.74) is -1.01. The van der Waals surface area contributed by atoms with E-state index in [0.29, 0.717) is 6.42 Å². The van der Waals surface area contributed by atoms with Crippen LogP contribution in [0.25, 0.3) is 0 Å². The smallest absolute Gasteiger partial charge is 0.329 e. The summed E-state index contributed by atoms with van der Waals surface area (Å²) < 4.78 is 0. The predicted octanol–water partition coefficient (Wildman–Crippen LogP) is 0.766. The average molecular weight is 185 g/mol. The summed E-state index contributed by atoms with van der Waals surface area (Å²) in [5.74, 6) is -1.05. The van der Waals surface area contributed by atoms with Gasteiger partial charge in [-0.15, -0.1) is 0 Å². The van der Waals surface area contributed by atoms with Gasteiger partial charge in [0, 0.05) is 6.92 Å². The van der Waals surface area contributed by atoms with Gasteiger partial charge in [0.25, 0.3) is 0 Å². The van der Waals surface area contributed by atoms with Crippen LogP contribution >= 0.6 is 0 Å². The molecule has 1 aliphatic rings. The highest BCUT2D eigenvalue weighted by Gasteiger charge is 2.50. The molecule has 0 aromatic rings. The van der Waals surface area contributed by atoms with E-state index in [1.807, 2.05) is 0 Å². The van der Waals surface area contributed by atoms with Gasteiger partial charge in [0.1, 0.15) is 5.54 Å². The third kappa shape index (κ3) is 1.82. The first kappa shape index (κ1) is 10.0. The minimum Gasteiger partial charge on any atom is -0.479 e. The van der Waals surface area contributed by atoms with Gasteiger partial charge < -0.3 is 10.4 Å². The number of carbonyl (C=O) groups is 2.